The molecule has 1 saturated heterocycles. The summed E-state index contributed by atoms with van der Waals surface area (Å²) < 4.78 is 5.16. The zero-order valence-electron chi connectivity index (χ0n) is 16.7. The van der Waals surface area contributed by atoms with Crippen LogP contribution in [0.4, 0.5) is 5.82 Å². The molecule has 0 bridgehead atoms. The number of fused-ring (bicyclic) bond motifs is 1. The first-order valence-corrected chi connectivity index (χ1v) is 9.99. The third-order valence-corrected chi connectivity index (χ3v) is 5.38. The minimum absolute atomic E-state index is 0.596. The number of anilines is 1. The quantitative estimate of drug-likeness (QED) is 0.566. The Morgan fingerprint density at radius 3 is 2.37 bits per heavy atom. The SMILES string of the molecule is COc1ccc(-c2ccc3ncnc(-c4ccc(N5CCNCC5)nc4)c3c2)cn1. The highest BCUT2D eigenvalue weighted by atomic mass is 16.5. The molecular formula is C23H22N6O. The van der Waals surface area contributed by atoms with Crippen molar-refractivity contribution in [3.63, 3.8) is 0 Å². The third-order valence-electron chi connectivity index (χ3n) is 5.38. The lowest BCUT2D eigenvalue weighted by Crippen LogP contribution is -2.43. The Morgan fingerprint density at radius 2 is 1.63 bits per heavy atom. The van der Waals surface area contributed by atoms with Gasteiger partial charge in [-0.1, -0.05) is 6.07 Å². The van der Waals surface area contributed by atoms with Crippen molar-refractivity contribution < 1.29 is 4.74 Å². The van der Waals surface area contributed by atoms with Crippen LogP contribution in [0.25, 0.3) is 33.3 Å². The summed E-state index contributed by atoms with van der Waals surface area (Å²) in [5.74, 6) is 1.60. The molecule has 0 amide bonds. The maximum absolute atomic E-state index is 5.16. The fraction of sp³-hybridized carbons (Fsp3) is 0.217. The molecule has 7 heteroatoms. The number of pyridine rings is 2. The van der Waals surface area contributed by atoms with Crippen molar-refractivity contribution in [2.24, 2.45) is 0 Å². The topological polar surface area (TPSA) is 76.1 Å². The van der Waals surface area contributed by atoms with E-state index >= 15 is 0 Å². The van der Waals surface area contributed by atoms with E-state index in [1.807, 2.05) is 36.7 Å². The van der Waals surface area contributed by atoms with E-state index in [9.17, 15) is 0 Å². The molecule has 5 rings (SSSR count). The van der Waals surface area contributed by atoms with Gasteiger partial charge in [0.05, 0.1) is 18.3 Å². The highest BCUT2D eigenvalue weighted by molar-refractivity contribution is 5.94. The standard InChI is InChI=1S/C23H22N6O/c1-30-22-7-4-17(13-26-22)16-2-5-20-19(12-16)23(28-15-27-20)18-3-6-21(25-14-18)29-10-8-24-9-11-29/h2-7,12-15,24H,8-11H2,1H3. The van der Waals surface area contributed by atoms with Crippen LogP contribution in [-0.2, 0) is 0 Å². The highest BCUT2D eigenvalue weighted by Crippen LogP contribution is 2.30. The number of hydrogen-bond acceptors (Lipinski definition) is 7. The van der Waals surface area contributed by atoms with Crippen LogP contribution < -0.4 is 15.0 Å². The molecule has 1 N–H and O–H groups in total. The lowest BCUT2D eigenvalue weighted by atomic mass is 10.0. The van der Waals surface area contributed by atoms with E-state index in [4.69, 9.17) is 9.72 Å². The highest BCUT2D eigenvalue weighted by Gasteiger charge is 2.13. The van der Waals surface area contributed by atoms with Gasteiger partial charge in [-0.15, -0.1) is 0 Å². The van der Waals surface area contributed by atoms with Crippen molar-refractivity contribution in [2.45, 2.75) is 0 Å². The van der Waals surface area contributed by atoms with Gasteiger partial charge >= 0.3 is 0 Å². The lowest BCUT2D eigenvalue weighted by molar-refractivity contribution is 0.398. The van der Waals surface area contributed by atoms with Gasteiger partial charge in [-0.25, -0.2) is 19.9 Å². The van der Waals surface area contributed by atoms with Crippen molar-refractivity contribution in [3.8, 4) is 28.3 Å². The Bertz CT molecular complexity index is 1150. The molecule has 0 unspecified atom stereocenters. The maximum atomic E-state index is 5.16. The van der Waals surface area contributed by atoms with Crippen LogP contribution in [-0.4, -0.2) is 53.2 Å². The maximum Gasteiger partial charge on any atom is 0.212 e. The van der Waals surface area contributed by atoms with Gasteiger partial charge in [0.25, 0.3) is 0 Å². The minimum Gasteiger partial charge on any atom is -0.481 e. The summed E-state index contributed by atoms with van der Waals surface area (Å²) in [4.78, 5) is 20.3. The summed E-state index contributed by atoms with van der Waals surface area (Å²) in [6.45, 7) is 3.93. The van der Waals surface area contributed by atoms with E-state index in [0.29, 0.717) is 5.88 Å². The van der Waals surface area contributed by atoms with E-state index in [1.54, 1.807) is 13.4 Å². The van der Waals surface area contributed by atoms with Crippen LogP contribution in [0, 0.1) is 0 Å². The first kappa shape index (κ1) is 18.4. The van der Waals surface area contributed by atoms with Gasteiger partial charge in [-0.3, -0.25) is 0 Å². The van der Waals surface area contributed by atoms with Gasteiger partial charge in [0, 0.05) is 61.2 Å². The summed E-state index contributed by atoms with van der Waals surface area (Å²) >= 11 is 0. The van der Waals surface area contributed by atoms with Crippen LogP contribution in [0.1, 0.15) is 0 Å². The minimum atomic E-state index is 0.596. The molecule has 30 heavy (non-hydrogen) atoms. The van der Waals surface area contributed by atoms with Crippen LogP contribution in [0.3, 0.4) is 0 Å². The second kappa shape index (κ2) is 8.04. The van der Waals surface area contributed by atoms with Gasteiger partial charge in [0.1, 0.15) is 12.1 Å². The van der Waals surface area contributed by atoms with Crippen LogP contribution >= 0.6 is 0 Å². The molecule has 1 fully saturated rings. The molecule has 1 aliphatic heterocycles. The zero-order valence-corrected chi connectivity index (χ0v) is 16.7. The predicted molar refractivity (Wildman–Crippen MR) is 118 cm³/mol. The second-order valence-corrected chi connectivity index (χ2v) is 7.19. The molecular weight excluding hydrogens is 376 g/mol. The van der Waals surface area contributed by atoms with Crippen molar-refractivity contribution >= 4 is 16.7 Å². The molecule has 150 valence electrons. The monoisotopic (exact) mass is 398 g/mol. The molecule has 0 saturated carbocycles. The fourth-order valence-electron chi connectivity index (χ4n) is 3.75. The van der Waals surface area contributed by atoms with E-state index in [-0.39, 0.29) is 0 Å². The van der Waals surface area contributed by atoms with E-state index in [0.717, 1.165) is 65.3 Å². The number of aromatic nitrogens is 4. The Hall–Kier alpha value is -3.58. The first-order valence-electron chi connectivity index (χ1n) is 9.99. The number of methoxy groups -OCH3 is 1. The number of nitrogens with one attached hydrogen (secondary N) is 1. The Labute approximate surface area is 174 Å². The van der Waals surface area contributed by atoms with E-state index in [2.05, 4.69) is 43.4 Å². The Kier molecular flexibility index (Phi) is 4.94. The molecule has 7 nitrogen and oxygen atoms in total. The van der Waals surface area contributed by atoms with Crippen molar-refractivity contribution in [2.75, 3.05) is 38.2 Å². The largest absolute Gasteiger partial charge is 0.481 e. The molecule has 0 aliphatic carbocycles. The molecule has 0 spiro atoms. The summed E-state index contributed by atoms with van der Waals surface area (Å²) in [7, 11) is 1.61. The smallest absolute Gasteiger partial charge is 0.212 e. The van der Waals surface area contributed by atoms with Gasteiger partial charge in [0.15, 0.2) is 0 Å². The van der Waals surface area contributed by atoms with Gasteiger partial charge in [-0.05, 0) is 35.9 Å². The number of hydrogen-bond donors (Lipinski definition) is 1. The summed E-state index contributed by atoms with van der Waals surface area (Å²) in [5.41, 5.74) is 4.82. The van der Waals surface area contributed by atoms with Crippen molar-refractivity contribution in [1.29, 1.82) is 0 Å². The van der Waals surface area contributed by atoms with Crippen molar-refractivity contribution in [1.82, 2.24) is 25.3 Å². The average Bonchev–Trinajstić information content (AvgIpc) is 2.84. The Morgan fingerprint density at radius 1 is 0.833 bits per heavy atom. The van der Waals surface area contributed by atoms with Crippen molar-refractivity contribution in [3.05, 3.63) is 61.2 Å². The molecule has 0 atom stereocenters. The van der Waals surface area contributed by atoms with Crippen LogP contribution in [0.15, 0.2) is 61.2 Å². The average molecular weight is 398 g/mol. The molecule has 1 aliphatic rings. The predicted octanol–water partition coefficient (Wildman–Crippen LogP) is 3.17. The normalized spacial score (nSPS) is 14.1. The summed E-state index contributed by atoms with van der Waals surface area (Å²) in [6.07, 6.45) is 5.32. The number of rotatable bonds is 4. The molecule has 0 radical (unpaired) electrons. The van der Waals surface area contributed by atoms with Gasteiger partial charge in [0.2, 0.25) is 5.88 Å². The molecule has 1 aromatic carbocycles. The number of ether oxygens (including phenoxy) is 1. The first-order chi connectivity index (χ1) is 14.8. The summed E-state index contributed by atoms with van der Waals surface area (Å²) in [5, 5.41) is 4.36. The second-order valence-electron chi connectivity index (χ2n) is 7.19. The van der Waals surface area contributed by atoms with Crippen LogP contribution in [0.5, 0.6) is 5.88 Å². The summed E-state index contributed by atoms with van der Waals surface area (Å²) in [6, 6.07) is 14.2. The fourth-order valence-corrected chi connectivity index (χ4v) is 3.75. The number of nitrogens with zero attached hydrogens (tertiary/aromatic N) is 5. The Balaban J connectivity index is 1.52. The molecule has 3 aromatic heterocycles. The van der Waals surface area contributed by atoms with Crippen LogP contribution in [0.2, 0.25) is 0 Å². The van der Waals surface area contributed by atoms with Gasteiger partial charge < -0.3 is 15.0 Å². The number of benzene rings is 1. The molecule has 4 aromatic rings. The van der Waals surface area contributed by atoms with E-state index in [1.165, 1.54) is 0 Å². The number of piperazine rings is 1. The molecule has 4 heterocycles. The lowest BCUT2D eigenvalue weighted by Gasteiger charge is -2.28. The third kappa shape index (κ3) is 3.55. The van der Waals surface area contributed by atoms with E-state index < -0.39 is 0 Å². The van der Waals surface area contributed by atoms with Gasteiger partial charge in [-0.2, -0.15) is 0 Å². The zero-order chi connectivity index (χ0) is 20.3.